The molecular formula is C16H21N5O2S. The van der Waals surface area contributed by atoms with Gasteiger partial charge in [-0.25, -0.2) is 9.97 Å². The lowest BCUT2D eigenvalue weighted by molar-refractivity contribution is -0.132. The third kappa shape index (κ3) is 4.00. The van der Waals surface area contributed by atoms with E-state index in [-0.39, 0.29) is 17.4 Å². The van der Waals surface area contributed by atoms with Gasteiger partial charge in [0.2, 0.25) is 5.91 Å². The number of nitrogens with one attached hydrogen (secondary N) is 1. The van der Waals surface area contributed by atoms with Crippen molar-refractivity contribution in [3.8, 4) is 0 Å². The molecule has 8 heteroatoms. The molecule has 3 N–H and O–H groups in total. The Kier molecular flexibility index (Phi) is 4.94. The molecule has 3 heterocycles. The van der Waals surface area contributed by atoms with Crippen molar-refractivity contribution in [2.45, 2.75) is 38.5 Å². The summed E-state index contributed by atoms with van der Waals surface area (Å²) in [6, 6.07) is 1.55. The number of nitrogens with zero attached hydrogens (tertiary/aromatic N) is 3. The standard InChI is InChI=1S/C16H21N5O2S/c1-10-18-13(7-14(22)19-10)11-3-2-6-21(8-11)15(23)5-4-12-9-24-16(17)20-12/h7,9,11H,2-6,8H2,1H3,(H2,17,20)(H,18,19,22). The first-order valence-corrected chi connectivity index (χ1v) is 8.95. The van der Waals surface area contributed by atoms with Gasteiger partial charge in [-0.2, -0.15) is 0 Å². The van der Waals surface area contributed by atoms with Crippen LogP contribution < -0.4 is 11.3 Å². The number of H-pyrrole nitrogens is 1. The van der Waals surface area contributed by atoms with E-state index in [1.54, 1.807) is 13.0 Å². The predicted octanol–water partition coefficient (Wildman–Crippen LogP) is 1.46. The Balaban J connectivity index is 1.62. The van der Waals surface area contributed by atoms with Crippen molar-refractivity contribution in [3.05, 3.63) is 39.0 Å². The fraction of sp³-hybridized carbons (Fsp3) is 0.500. The highest BCUT2D eigenvalue weighted by Crippen LogP contribution is 2.25. The Morgan fingerprint density at radius 2 is 2.33 bits per heavy atom. The van der Waals surface area contributed by atoms with Crippen LogP contribution in [0, 0.1) is 6.92 Å². The van der Waals surface area contributed by atoms with E-state index >= 15 is 0 Å². The molecule has 0 aromatic carbocycles. The highest BCUT2D eigenvalue weighted by molar-refractivity contribution is 7.13. The Morgan fingerprint density at radius 3 is 3.04 bits per heavy atom. The van der Waals surface area contributed by atoms with E-state index in [0.717, 1.165) is 30.8 Å². The topological polar surface area (TPSA) is 105 Å². The zero-order chi connectivity index (χ0) is 17.1. The molecule has 128 valence electrons. The first-order chi connectivity index (χ1) is 11.5. The van der Waals surface area contributed by atoms with Gasteiger partial charge in [0.05, 0.1) is 11.4 Å². The summed E-state index contributed by atoms with van der Waals surface area (Å²) in [5.41, 5.74) is 7.12. The number of hydrogen-bond donors (Lipinski definition) is 2. The van der Waals surface area contributed by atoms with Crippen LogP contribution >= 0.6 is 11.3 Å². The summed E-state index contributed by atoms with van der Waals surface area (Å²) in [6.45, 7) is 3.15. The van der Waals surface area contributed by atoms with E-state index in [9.17, 15) is 9.59 Å². The van der Waals surface area contributed by atoms with Gasteiger partial charge < -0.3 is 15.6 Å². The summed E-state index contributed by atoms with van der Waals surface area (Å²) >= 11 is 1.39. The van der Waals surface area contributed by atoms with Crippen LogP contribution in [0.1, 0.15) is 42.4 Å². The smallest absolute Gasteiger partial charge is 0.251 e. The van der Waals surface area contributed by atoms with Crippen LogP contribution in [0.15, 0.2) is 16.2 Å². The minimum Gasteiger partial charge on any atom is -0.375 e. The summed E-state index contributed by atoms with van der Waals surface area (Å²) in [7, 11) is 0. The fourth-order valence-electron chi connectivity index (χ4n) is 3.09. The average molecular weight is 347 g/mol. The quantitative estimate of drug-likeness (QED) is 0.871. The first kappa shape index (κ1) is 16.6. The number of rotatable bonds is 4. The molecule has 1 aliphatic rings. The van der Waals surface area contributed by atoms with Crippen LogP contribution in [0.4, 0.5) is 5.13 Å². The Labute approximate surface area is 143 Å². The summed E-state index contributed by atoms with van der Waals surface area (Å²) in [6.07, 6.45) is 2.91. The molecule has 3 rings (SSSR count). The third-order valence-corrected chi connectivity index (χ3v) is 4.96. The number of nitrogens with two attached hydrogens (primary N) is 1. The fourth-order valence-corrected chi connectivity index (χ4v) is 3.68. The van der Waals surface area contributed by atoms with Gasteiger partial charge in [0.1, 0.15) is 5.82 Å². The molecule has 0 saturated carbocycles. The van der Waals surface area contributed by atoms with Crippen LogP contribution in [0.3, 0.4) is 0 Å². The number of carbonyl (C=O) groups is 1. The van der Waals surface area contributed by atoms with Crippen LogP contribution in [-0.2, 0) is 11.2 Å². The number of amides is 1. The molecule has 1 amide bonds. The highest BCUT2D eigenvalue weighted by Gasteiger charge is 2.26. The lowest BCUT2D eigenvalue weighted by Gasteiger charge is -2.32. The number of piperidine rings is 1. The second-order valence-electron chi connectivity index (χ2n) is 6.11. The number of likely N-dealkylation sites (tertiary alicyclic amines) is 1. The molecule has 7 nitrogen and oxygen atoms in total. The molecule has 0 aliphatic carbocycles. The zero-order valence-corrected chi connectivity index (χ0v) is 14.4. The van der Waals surface area contributed by atoms with Crippen molar-refractivity contribution < 1.29 is 4.79 Å². The van der Waals surface area contributed by atoms with Crippen molar-refractivity contribution in [1.82, 2.24) is 19.9 Å². The van der Waals surface area contributed by atoms with E-state index in [1.165, 1.54) is 11.3 Å². The number of nitrogen functional groups attached to an aromatic ring is 1. The number of hydrogen-bond acceptors (Lipinski definition) is 6. The van der Waals surface area contributed by atoms with Crippen molar-refractivity contribution in [1.29, 1.82) is 0 Å². The second-order valence-corrected chi connectivity index (χ2v) is 7.00. The largest absolute Gasteiger partial charge is 0.375 e. The third-order valence-electron chi connectivity index (χ3n) is 4.24. The summed E-state index contributed by atoms with van der Waals surface area (Å²) in [5, 5.41) is 2.43. The minimum absolute atomic E-state index is 0.118. The average Bonchev–Trinajstić information content (AvgIpc) is 2.97. The van der Waals surface area contributed by atoms with Gasteiger partial charge in [-0.1, -0.05) is 0 Å². The number of anilines is 1. The number of aromatic nitrogens is 3. The molecule has 1 atom stereocenters. The van der Waals surface area contributed by atoms with Crippen molar-refractivity contribution in [2.75, 3.05) is 18.8 Å². The SMILES string of the molecule is Cc1nc(C2CCCN(C(=O)CCc3csc(N)n3)C2)cc(=O)[nH]1. The van der Waals surface area contributed by atoms with Gasteiger partial charge >= 0.3 is 0 Å². The Bertz CT molecular complexity index is 785. The molecule has 0 bridgehead atoms. The van der Waals surface area contributed by atoms with E-state index in [4.69, 9.17) is 5.73 Å². The van der Waals surface area contributed by atoms with Crippen LogP contribution in [-0.4, -0.2) is 38.8 Å². The molecule has 2 aromatic heterocycles. The lowest BCUT2D eigenvalue weighted by atomic mass is 9.94. The van der Waals surface area contributed by atoms with Gasteiger partial charge in [-0.3, -0.25) is 9.59 Å². The molecule has 1 saturated heterocycles. The highest BCUT2D eigenvalue weighted by atomic mass is 32.1. The van der Waals surface area contributed by atoms with Crippen LogP contribution in [0.2, 0.25) is 0 Å². The zero-order valence-electron chi connectivity index (χ0n) is 13.6. The van der Waals surface area contributed by atoms with Crippen LogP contribution in [0.5, 0.6) is 0 Å². The van der Waals surface area contributed by atoms with Crippen LogP contribution in [0.25, 0.3) is 0 Å². The summed E-state index contributed by atoms with van der Waals surface area (Å²) < 4.78 is 0. The minimum atomic E-state index is -0.137. The van der Waals surface area contributed by atoms with E-state index in [2.05, 4.69) is 15.0 Å². The monoisotopic (exact) mass is 347 g/mol. The Hall–Kier alpha value is -2.22. The van der Waals surface area contributed by atoms with E-state index in [1.807, 2.05) is 10.3 Å². The molecule has 1 aliphatic heterocycles. The predicted molar refractivity (Wildman–Crippen MR) is 93.0 cm³/mol. The number of aromatic amines is 1. The number of carbonyl (C=O) groups excluding carboxylic acids is 1. The van der Waals surface area contributed by atoms with E-state index < -0.39 is 0 Å². The number of aryl methyl sites for hydroxylation is 2. The second kappa shape index (κ2) is 7.12. The maximum Gasteiger partial charge on any atom is 0.251 e. The van der Waals surface area contributed by atoms with Crippen molar-refractivity contribution >= 4 is 22.4 Å². The Morgan fingerprint density at radius 1 is 1.50 bits per heavy atom. The summed E-state index contributed by atoms with van der Waals surface area (Å²) in [4.78, 5) is 37.3. The molecule has 0 radical (unpaired) electrons. The molecule has 0 spiro atoms. The maximum absolute atomic E-state index is 12.5. The molecule has 24 heavy (non-hydrogen) atoms. The van der Waals surface area contributed by atoms with Gasteiger partial charge in [0.15, 0.2) is 5.13 Å². The first-order valence-electron chi connectivity index (χ1n) is 8.07. The molecular weight excluding hydrogens is 326 g/mol. The van der Waals surface area contributed by atoms with Gasteiger partial charge in [0.25, 0.3) is 5.56 Å². The molecule has 1 unspecified atom stereocenters. The summed E-state index contributed by atoms with van der Waals surface area (Å²) in [5.74, 6) is 0.855. The van der Waals surface area contributed by atoms with E-state index in [0.29, 0.717) is 30.3 Å². The molecule has 1 fully saturated rings. The van der Waals surface area contributed by atoms with Gasteiger partial charge in [0, 0.05) is 36.9 Å². The lowest BCUT2D eigenvalue weighted by Crippen LogP contribution is -2.39. The number of thiazole rings is 1. The maximum atomic E-state index is 12.5. The van der Waals surface area contributed by atoms with Crippen molar-refractivity contribution in [3.63, 3.8) is 0 Å². The molecule has 2 aromatic rings. The van der Waals surface area contributed by atoms with Gasteiger partial charge in [-0.05, 0) is 26.2 Å². The van der Waals surface area contributed by atoms with Gasteiger partial charge in [-0.15, -0.1) is 11.3 Å². The van der Waals surface area contributed by atoms with Crippen molar-refractivity contribution in [2.24, 2.45) is 0 Å². The normalized spacial score (nSPS) is 17.9.